The molecule has 0 radical (unpaired) electrons. The molecule has 1 atom stereocenters. The lowest BCUT2D eigenvalue weighted by Gasteiger charge is -2.12. The third-order valence-electron chi connectivity index (χ3n) is 2.82. The second-order valence-electron chi connectivity index (χ2n) is 4.06. The average molecular weight is 248 g/mol. The van der Waals surface area contributed by atoms with Crippen molar-refractivity contribution >= 4 is 17.9 Å². The topological polar surface area (TPSA) is 86.7 Å². The van der Waals surface area contributed by atoms with Gasteiger partial charge in [0, 0.05) is 0 Å². The maximum Gasteiger partial charge on any atom is 0.325 e. The number of carboxylic acid groups (broad SMARTS) is 1. The number of carboxylic acids is 1. The van der Waals surface area contributed by atoms with E-state index in [0.717, 1.165) is 5.56 Å². The molecule has 1 fully saturated rings. The SMILES string of the molecule is Cc1ccccc1[C@H]1NC(=O)N(CC(=O)O)C1=O. The lowest BCUT2D eigenvalue weighted by Crippen LogP contribution is -2.35. The van der Waals surface area contributed by atoms with Gasteiger partial charge in [-0.15, -0.1) is 0 Å². The van der Waals surface area contributed by atoms with E-state index < -0.39 is 30.5 Å². The van der Waals surface area contributed by atoms with Crippen molar-refractivity contribution < 1.29 is 19.5 Å². The van der Waals surface area contributed by atoms with Gasteiger partial charge in [-0.1, -0.05) is 24.3 Å². The van der Waals surface area contributed by atoms with Crippen LogP contribution in [0.15, 0.2) is 24.3 Å². The molecule has 6 nitrogen and oxygen atoms in total. The van der Waals surface area contributed by atoms with Gasteiger partial charge in [0.15, 0.2) is 0 Å². The molecule has 0 saturated carbocycles. The minimum atomic E-state index is -1.22. The van der Waals surface area contributed by atoms with Crippen LogP contribution >= 0.6 is 0 Å². The van der Waals surface area contributed by atoms with Gasteiger partial charge in [-0.05, 0) is 18.1 Å². The Balaban J connectivity index is 2.28. The number of nitrogens with one attached hydrogen (secondary N) is 1. The van der Waals surface area contributed by atoms with Crippen LogP contribution in [0.5, 0.6) is 0 Å². The van der Waals surface area contributed by atoms with Gasteiger partial charge in [-0.25, -0.2) is 4.79 Å². The molecule has 1 saturated heterocycles. The van der Waals surface area contributed by atoms with Crippen molar-refractivity contribution in [1.29, 1.82) is 0 Å². The first-order valence-electron chi connectivity index (χ1n) is 5.40. The highest BCUT2D eigenvalue weighted by molar-refractivity contribution is 6.06. The molecule has 1 aromatic rings. The summed E-state index contributed by atoms with van der Waals surface area (Å²) in [4.78, 5) is 34.8. The molecule has 1 aliphatic rings. The molecule has 18 heavy (non-hydrogen) atoms. The molecule has 2 N–H and O–H groups in total. The van der Waals surface area contributed by atoms with E-state index in [1.807, 2.05) is 19.1 Å². The molecule has 0 unspecified atom stereocenters. The van der Waals surface area contributed by atoms with Crippen molar-refractivity contribution in [1.82, 2.24) is 10.2 Å². The summed E-state index contributed by atoms with van der Waals surface area (Å²) in [5.41, 5.74) is 1.55. The number of hydrogen-bond donors (Lipinski definition) is 2. The molecule has 1 aliphatic heterocycles. The van der Waals surface area contributed by atoms with Crippen LogP contribution in [0.25, 0.3) is 0 Å². The Morgan fingerprint density at radius 3 is 2.67 bits per heavy atom. The normalized spacial score (nSPS) is 18.9. The van der Waals surface area contributed by atoms with Crippen LogP contribution in [-0.2, 0) is 9.59 Å². The van der Waals surface area contributed by atoms with Gasteiger partial charge in [0.1, 0.15) is 12.6 Å². The first kappa shape index (κ1) is 12.1. The fourth-order valence-corrected chi connectivity index (χ4v) is 1.93. The lowest BCUT2D eigenvalue weighted by molar-refractivity contribution is -0.141. The Labute approximate surface area is 103 Å². The van der Waals surface area contributed by atoms with E-state index in [1.165, 1.54) is 0 Å². The number of carbonyl (C=O) groups excluding carboxylic acids is 2. The minimum Gasteiger partial charge on any atom is -0.480 e. The summed E-state index contributed by atoms with van der Waals surface area (Å²) >= 11 is 0. The molecular formula is C12H12N2O4. The van der Waals surface area contributed by atoms with Crippen LogP contribution in [0.3, 0.4) is 0 Å². The third kappa shape index (κ3) is 2.04. The second-order valence-corrected chi connectivity index (χ2v) is 4.06. The first-order chi connectivity index (χ1) is 8.50. The molecule has 0 bridgehead atoms. The van der Waals surface area contributed by atoms with Gasteiger partial charge < -0.3 is 10.4 Å². The van der Waals surface area contributed by atoms with Crippen molar-refractivity contribution in [3.8, 4) is 0 Å². The number of amides is 3. The predicted molar refractivity (Wildman–Crippen MR) is 61.8 cm³/mol. The van der Waals surface area contributed by atoms with E-state index in [9.17, 15) is 14.4 Å². The molecular weight excluding hydrogens is 236 g/mol. The van der Waals surface area contributed by atoms with Gasteiger partial charge in [0.05, 0.1) is 0 Å². The van der Waals surface area contributed by atoms with Crippen LogP contribution in [0, 0.1) is 6.92 Å². The predicted octanol–water partition coefficient (Wildman–Crippen LogP) is 0.673. The summed E-state index contributed by atoms with van der Waals surface area (Å²) in [5, 5.41) is 11.1. The van der Waals surface area contributed by atoms with Crippen LogP contribution in [0.2, 0.25) is 0 Å². The van der Waals surface area contributed by atoms with Crippen molar-refractivity contribution in [3.63, 3.8) is 0 Å². The van der Waals surface area contributed by atoms with E-state index in [-0.39, 0.29) is 0 Å². The van der Waals surface area contributed by atoms with E-state index in [2.05, 4.69) is 5.32 Å². The largest absolute Gasteiger partial charge is 0.480 e. The number of hydrogen-bond acceptors (Lipinski definition) is 3. The molecule has 0 spiro atoms. The van der Waals surface area contributed by atoms with E-state index in [1.54, 1.807) is 12.1 Å². The van der Waals surface area contributed by atoms with Gasteiger partial charge >= 0.3 is 12.0 Å². The molecule has 6 heteroatoms. The molecule has 2 rings (SSSR count). The highest BCUT2D eigenvalue weighted by Crippen LogP contribution is 2.24. The number of aryl methyl sites for hydroxylation is 1. The highest BCUT2D eigenvalue weighted by atomic mass is 16.4. The number of urea groups is 1. The molecule has 0 aromatic heterocycles. The Morgan fingerprint density at radius 2 is 2.06 bits per heavy atom. The van der Waals surface area contributed by atoms with Crippen molar-refractivity contribution in [2.24, 2.45) is 0 Å². The van der Waals surface area contributed by atoms with Crippen LogP contribution in [-0.4, -0.2) is 34.5 Å². The maximum absolute atomic E-state index is 12.0. The zero-order chi connectivity index (χ0) is 13.3. The van der Waals surface area contributed by atoms with E-state index >= 15 is 0 Å². The van der Waals surface area contributed by atoms with Crippen LogP contribution in [0.1, 0.15) is 17.2 Å². The van der Waals surface area contributed by atoms with Crippen molar-refractivity contribution in [2.45, 2.75) is 13.0 Å². The van der Waals surface area contributed by atoms with Gasteiger partial charge in [0.25, 0.3) is 5.91 Å². The van der Waals surface area contributed by atoms with Gasteiger partial charge in [-0.2, -0.15) is 0 Å². The van der Waals surface area contributed by atoms with Crippen LogP contribution in [0.4, 0.5) is 4.79 Å². The summed E-state index contributed by atoms with van der Waals surface area (Å²) in [6.07, 6.45) is 0. The maximum atomic E-state index is 12.0. The number of aliphatic carboxylic acids is 1. The summed E-state index contributed by atoms with van der Waals surface area (Å²) in [7, 11) is 0. The Hall–Kier alpha value is -2.37. The standard InChI is InChI=1S/C12H12N2O4/c1-7-4-2-3-5-8(7)10-11(17)14(6-9(15)16)12(18)13-10/h2-5,10H,6H2,1H3,(H,13,18)(H,15,16)/t10-/m1/s1. The number of carbonyl (C=O) groups is 3. The monoisotopic (exact) mass is 248 g/mol. The van der Waals surface area contributed by atoms with E-state index in [0.29, 0.717) is 10.5 Å². The fraction of sp³-hybridized carbons (Fsp3) is 0.250. The first-order valence-corrected chi connectivity index (χ1v) is 5.40. The molecule has 3 amide bonds. The van der Waals surface area contributed by atoms with Crippen LogP contribution < -0.4 is 5.32 Å². The van der Waals surface area contributed by atoms with Gasteiger partial charge in [0.2, 0.25) is 0 Å². The van der Waals surface area contributed by atoms with E-state index in [4.69, 9.17) is 5.11 Å². The second kappa shape index (κ2) is 4.48. The molecule has 94 valence electrons. The van der Waals surface area contributed by atoms with Crippen molar-refractivity contribution in [3.05, 3.63) is 35.4 Å². The fourth-order valence-electron chi connectivity index (χ4n) is 1.93. The zero-order valence-corrected chi connectivity index (χ0v) is 9.71. The minimum absolute atomic E-state index is 0.531. The quantitative estimate of drug-likeness (QED) is 0.770. The molecule has 0 aliphatic carbocycles. The highest BCUT2D eigenvalue weighted by Gasteiger charge is 2.40. The van der Waals surface area contributed by atoms with Gasteiger partial charge in [-0.3, -0.25) is 14.5 Å². The Bertz CT molecular complexity index is 527. The molecule has 1 aromatic carbocycles. The number of benzene rings is 1. The average Bonchev–Trinajstić information content (AvgIpc) is 2.57. The number of rotatable bonds is 3. The van der Waals surface area contributed by atoms with Crippen molar-refractivity contribution in [2.75, 3.05) is 6.54 Å². The Morgan fingerprint density at radius 1 is 1.39 bits per heavy atom. The third-order valence-corrected chi connectivity index (χ3v) is 2.82. The summed E-state index contributed by atoms with van der Waals surface area (Å²) in [5.74, 6) is -1.75. The zero-order valence-electron chi connectivity index (χ0n) is 9.71. The summed E-state index contributed by atoms with van der Waals surface area (Å²) in [6, 6.07) is 5.70. The smallest absolute Gasteiger partial charge is 0.325 e. The lowest BCUT2D eigenvalue weighted by atomic mass is 10.0. The summed E-state index contributed by atoms with van der Waals surface area (Å²) < 4.78 is 0. The number of nitrogens with zero attached hydrogens (tertiary/aromatic N) is 1. The summed E-state index contributed by atoms with van der Waals surface area (Å²) in [6.45, 7) is 1.21. The number of imide groups is 1. The Kier molecular flexibility index (Phi) is 3.01. The molecule has 1 heterocycles.